The zero-order chi connectivity index (χ0) is 22.1. The third-order valence-corrected chi connectivity index (χ3v) is 3.95. The van der Waals surface area contributed by atoms with Crippen molar-refractivity contribution in [2.45, 2.75) is 46.1 Å². The summed E-state index contributed by atoms with van der Waals surface area (Å²) in [6.45, 7) is 7.03. The summed E-state index contributed by atoms with van der Waals surface area (Å²) in [4.78, 5) is 35.9. The average molecular weight is 412 g/mol. The smallest absolute Gasteiger partial charge is 0.408 e. The van der Waals surface area contributed by atoms with Crippen molar-refractivity contribution in [3.63, 3.8) is 0 Å². The molecule has 0 spiro atoms. The van der Waals surface area contributed by atoms with Crippen LogP contribution in [0.3, 0.4) is 0 Å². The lowest BCUT2D eigenvalue weighted by Gasteiger charge is -2.19. The fourth-order valence-electron chi connectivity index (χ4n) is 2.70. The topological polar surface area (TPSA) is 96.5 Å². The van der Waals surface area contributed by atoms with Crippen molar-refractivity contribution in [2.75, 3.05) is 17.2 Å². The molecule has 3 amide bonds. The van der Waals surface area contributed by atoms with Crippen LogP contribution in [0.15, 0.2) is 48.5 Å². The zero-order valence-electron chi connectivity index (χ0n) is 17.9. The monoisotopic (exact) mass is 411 g/mol. The Bertz CT molecular complexity index is 903. The summed E-state index contributed by atoms with van der Waals surface area (Å²) in [5, 5.41) is 7.91. The van der Waals surface area contributed by atoms with Crippen molar-refractivity contribution in [1.82, 2.24) is 5.32 Å². The first kappa shape index (κ1) is 22.9. The van der Waals surface area contributed by atoms with E-state index in [1.165, 1.54) is 0 Å². The van der Waals surface area contributed by atoms with Gasteiger partial charge in [0, 0.05) is 17.8 Å². The van der Waals surface area contributed by atoms with Gasteiger partial charge in [0.15, 0.2) is 0 Å². The molecule has 30 heavy (non-hydrogen) atoms. The second-order valence-corrected chi connectivity index (χ2v) is 8.02. The number of hydrogen-bond donors (Lipinski definition) is 3. The minimum absolute atomic E-state index is 0.105. The average Bonchev–Trinajstić information content (AvgIpc) is 2.64. The van der Waals surface area contributed by atoms with E-state index in [0.717, 1.165) is 11.1 Å². The molecule has 0 aliphatic heterocycles. The lowest BCUT2D eigenvalue weighted by atomic mass is 10.1. The Morgan fingerprint density at radius 2 is 1.53 bits per heavy atom. The molecule has 0 fully saturated rings. The van der Waals surface area contributed by atoms with E-state index in [2.05, 4.69) is 22.0 Å². The molecule has 0 bridgehead atoms. The molecule has 0 heterocycles. The quantitative estimate of drug-likeness (QED) is 0.641. The number of rotatable bonds is 7. The van der Waals surface area contributed by atoms with Crippen molar-refractivity contribution in [1.29, 1.82) is 0 Å². The van der Waals surface area contributed by atoms with E-state index in [1.54, 1.807) is 45.0 Å². The molecular formula is C23H29N3O4. The standard InChI is InChI=1S/C23H29N3O4/c1-16-7-5-8-17(13-16)11-12-20(27)25-18-9-6-10-19(14-18)26-21(28)15-24-22(29)30-23(2,3)4/h5-10,13-14H,11-12,15H2,1-4H3,(H,24,29)(H,25,27)(H,26,28). The van der Waals surface area contributed by atoms with Crippen molar-refractivity contribution in [2.24, 2.45) is 0 Å². The Hall–Kier alpha value is -3.35. The molecule has 160 valence electrons. The van der Waals surface area contributed by atoms with E-state index in [9.17, 15) is 14.4 Å². The normalized spacial score (nSPS) is 10.8. The number of hydrogen-bond acceptors (Lipinski definition) is 4. The Balaban J connectivity index is 1.81. The molecule has 7 heteroatoms. The maximum absolute atomic E-state index is 12.2. The third-order valence-electron chi connectivity index (χ3n) is 3.95. The molecule has 0 aliphatic rings. The number of alkyl carbamates (subject to hydrolysis) is 1. The zero-order valence-corrected chi connectivity index (χ0v) is 17.9. The van der Waals surface area contributed by atoms with E-state index < -0.39 is 17.6 Å². The highest BCUT2D eigenvalue weighted by Gasteiger charge is 2.16. The van der Waals surface area contributed by atoms with Crippen LogP contribution in [0.25, 0.3) is 0 Å². The molecule has 0 saturated carbocycles. The number of carbonyl (C=O) groups excluding carboxylic acids is 3. The van der Waals surface area contributed by atoms with Crippen LogP contribution in [0.2, 0.25) is 0 Å². The van der Waals surface area contributed by atoms with Crippen LogP contribution in [0, 0.1) is 6.92 Å². The largest absolute Gasteiger partial charge is 0.444 e. The molecule has 2 rings (SSSR count). The first-order chi connectivity index (χ1) is 14.1. The van der Waals surface area contributed by atoms with Gasteiger partial charge in [-0.15, -0.1) is 0 Å². The number of anilines is 2. The van der Waals surface area contributed by atoms with E-state index in [0.29, 0.717) is 24.2 Å². The molecule has 7 nitrogen and oxygen atoms in total. The number of aryl methyl sites for hydroxylation is 2. The van der Waals surface area contributed by atoms with Crippen LogP contribution in [0.4, 0.5) is 16.2 Å². The summed E-state index contributed by atoms with van der Waals surface area (Å²) in [5.74, 6) is -0.504. The fourth-order valence-corrected chi connectivity index (χ4v) is 2.70. The molecule has 0 aromatic heterocycles. The number of carbonyl (C=O) groups is 3. The summed E-state index contributed by atoms with van der Waals surface area (Å²) >= 11 is 0. The van der Waals surface area contributed by atoms with Crippen molar-refractivity contribution in [3.05, 3.63) is 59.7 Å². The molecule has 0 unspecified atom stereocenters. The summed E-state index contributed by atoms with van der Waals surface area (Å²) in [5.41, 5.74) is 2.75. The second kappa shape index (κ2) is 10.4. The first-order valence-electron chi connectivity index (χ1n) is 9.83. The van der Waals surface area contributed by atoms with Crippen LogP contribution in [0.1, 0.15) is 38.3 Å². The highest BCUT2D eigenvalue weighted by molar-refractivity contribution is 5.95. The van der Waals surface area contributed by atoms with E-state index in [-0.39, 0.29) is 12.5 Å². The first-order valence-corrected chi connectivity index (χ1v) is 9.83. The molecule has 2 aromatic rings. The van der Waals surface area contributed by atoms with Crippen LogP contribution in [0.5, 0.6) is 0 Å². The Morgan fingerprint density at radius 1 is 0.900 bits per heavy atom. The number of nitrogens with one attached hydrogen (secondary N) is 3. The van der Waals surface area contributed by atoms with Crippen molar-refractivity contribution in [3.8, 4) is 0 Å². The van der Waals surface area contributed by atoms with Gasteiger partial charge < -0.3 is 20.7 Å². The Labute approximate surface area is 177 Å². The summed E-state index contributed by atoms with van der Waals surface area (Å²) in [6.07, 6.45) is 0.354. The van der Waals surface area contributed by atoms with Gasteiger partial charge in [-0.25, -0.2) is 4.79 Å². The Kier molecular flexibility index (Phi) is 7.98. The second-order valence-electron chi connectivity index (χ2n) is 8.02. The van der Waals surface area contributed by atoms with Crippen molar-refractivity contribution >= 4 is 29.3 Å². The Morgan fingerprint density at radius 3 is 2.17 bits per heavy atom. The van der Waals surface area contributed by atoms with Gasteiger partial charge in [0.05, 0.1) is 0 Å². The van der Waals surface area contributed by atoms with E-state index in [1.807, 2.05) is 25.1 Å². The lowest BCUT2D eigenvalue weighted by molar-refractivity contribution is -0.116. The van der Waals surface area contributed by atoms with Gasteiger partial charge in [-0.1, -0.05) is 35.9 Å². The molecule has 0 radical (unpaired) electrons. The van der Waals surface area contributed by atoms with Crippen LogP contribution in [-0.2, 0) is 20.7 Å². The van der Waals surface area contributed by atoms with Gasteiger partial charge >= 0.3 is 6.09 Å². The SMILES string of the molecule is Cc1cccc(CCC(=O)Nc2cccc(NC(=O)CNC(=O)OC(C)(C)C)c2)c1. The third kappa shape index (κ3) is 8.77. The number of amides is 3. The minimum Gasteiger partial charge on any atom is -0.444 e. The highest BCUT2D eigenvalue weighted by atomic mass is 16.6. The summed E-state index contributed by atoms with van der Waals surface area (Å²) < 4.78 is 5.09. The summed E-state index contributed by atoms with van der Waals surface area (Å²) in [6, 6.07) is 14.9. The predicted octanol–water partition coefficient (Wildman–Crippen LogP) is 4.03. The van der Waals surface area contributed by atoms with Gasteiger partial charge in [-0.3, -0.25) is 9.59 Å². The molecule has 3 N–H and O–H groups in total. The minimum atomic E-state index is -0.660. The van der Waals surface area contributed by atoms with Crippen LogP contribution >= 0.6 is 0 Å². The van der Waals surface area contributed by atoms with Crippen LogP contribution < -0.4 is 16.0 Å². The van der Waals surface area contributed by atoms with E-state index in [4.69, 9.17) is 4.74 Å². The molecule has 2 aromatic carbocycles. The van der Waals surface area contributed by atoms with Crippen molar-refractivity contribution < 1.29 is 19.1 Å². The van der Waals surface area contributed by atoms with E-state index >= 15 is 0 Å². The number of ether oxygens (including phenoxy) is 1. The maximum Gasteiger partial charge on any atom is 0.408 e. The maximum atomic E-state index is 12.2. The highest BCUT2D eigenvalue weighted by Crippen LogP contribution is 2.16. The van der Waals surface area contributed by atoms with Crippen LogP contribution in [-0.4, -0.2) is 30.1 Å². The van der Waals surface area contributed by atoms with Gasteiger partial charge in [-0.2, -0.15) is 0 Å². The molecule has 0 saturated heterocycles. The van der Waals surface area contributed by atoms with Gasteiger partial charge in [0.2, 0.25) is 11.8 Å². The lowest BCUT2D eigenvalue weighted by Crippen LogP contribution is -2.37. The van der Waals surface area contributed by atoms with Gasteiger partial charge in [-0.05, 0) is 57.9 Å². The van der Waals surface area contributed by atoms with Gasteiger partial charge in [0.25, 0.3) is 0 Å². The molecule has 0 aliphatic carbocycles. The fraction of sp³-hybridized carbons (Fsp3) is 0.348. The molecular weight excluding hydrogens is 382 g/mol. The number of benzene rings is 2. The predicted molar refractivity (Wildman–Crippen MR) is 117 cm³/mol. The molecule has 0 atom stereocenters. The van der Waals surface area contributed by atoms with Gasteiger partial charge in [0.1, 0.15) is 12.1 Å². The summed E-state index contributed by atoms with van der Waals surface area (Å²) in [7, 11) is 0.